The van der Waals surface area contributed by atoms with Gasteiger partial charge in [-0.1, -0.05) is 25.1 Å². The van der Waals surface area contributed by atoms with E-state index in [1.807, 2.05) is 10.6 Å². The van der Waals surface area contributed by atoms with Crippen LogP contribution in [0.15, 0.2) is 42.7 Å². The van der Waals surface area contributed by atoms with Gasteiger partial charge in [-0.3, -0.25) is 0 Å². The fourth-order valence-electron chi connectivity index (χ4n) is 3.32. The number of benzene rings is 1. The van der Waals surface area contributed by atoms with E-state index in [2.05, 4.69) is 62.5 Å². The average molecular weight is 322 g/mol. The van der Waals surface area contributed by atoms with Gasteiger partial charge in [0, 0.05) is 36.6 Å². The van der Waals surface area contributed by atoms with Gasteiger partial charge in [0.25, 0.3) is 5.78 Å². The summed E-state index contributed by atoms with van der Waals surface area (Å²) in [5, 5.41) is 8.01. The van der Waals surface area contributed by atoms with Crippen molar-refractivity contribution < 1.29 is 0 Å². The van der Waals surface area contributed by atoms with Crippen molar-refractivity contribution in [1.29, 1.82) is 0 Å². The standard InChI is InChI=1S/C18H22N6/c1-2-14-11-17(24-18(22-14)19-13-20-24)23-10-6-9-16(12-23)21-15-7-4-3-5-8-15/h3-5,7-8,11,13,16,21H,2,6,9-10,12H2,1H3. The van der Waals surface area contributed by atoms with E-state index in [1.165, 1.54) is 12.1 Å². The van der Waals surface area contributed by atoms with Crippen LogP contribution < -0.4 is 10.2 Å². The minimum Gasteiger partial charge on any atom is -0.381 e. The number of anilines is 2. The van der Waals surface area contributed by atoms with Crippen molar-refractivity contribution in [3.8, 4) is 0 Å². The van der Waals surface area contributed by atoms with E-state index >= 15 is 0 Å². The number of rotatable bonds is 4. The lowest BCUT2D eigenvalue weighted by Gasteiger charge is -2.35. The van der Waals surface area contributed by atoms with Gasteiger partial charge in [0.2, 0.25) is 0 Å². The molecule has 1 aliphatic heterocycles. The number of nitrogens with zero attached hydrogens (tertiary/aromatic N) is 5. The summed E-state index contributed by atoms with van der Waals surface area (Å²) in [6.07, 6.45) is 4.81. The van der Waals surface area contributed by atoms with Crippen LogP contribution in [0, 0.1) is 0 Å². The van der Waals surface area contributed by atoms with Gasteiger partial charge in [-0.2, -0.15) is 14.6 Å². The lowest BCUT2D eigenvalue weighted by Crippen LogP contribution is -2.43. The van der Waals surface area contributed by atoms with Crippen molar-refractivity contribution in [2.24, 2.45) is 0 Å². The molecule has 0 saturated carbocycles. The summed E-state index contributed by atoms with van der Waals surface area (Å²) >= 11 is 0. The monoisotopic (exact) mass is 322 g/mol. The highest BCUT2D eigenvalue weighted by molar-refractivity contribution is 5.49. The SMILES string of the molecule is CCc1cc(N2CCCC(Nc3ccccc3)C2)n2ncnc2n1. The maximum atomic E-state index is 4.54. The normalized spacial score (nSPS) is 18.0. The molecule has 1 aliphatic rings. The molecule has 6 heteroatoms. The lowest BCUT2D eigenvalue weighted by atomic mass is 10.1. The first-order chi connectivity index (χ1) is 11.8. The maximum absolute atomic E-state index is 4.54. The van der Waals surface area contributed by atoms with Crippen molar-refractivity contribution in [2.45, 2.75) is 32.2 Å². The minimum absolute atomic E-state index is 0.429. The number of nitrogens with one attached hydrogen (secondary N) is 1. The number of fused-ring (bicyclic) bond motifs is 1. The fourth-order valence-corrected chi connectivity index (χ4v) is 3.32. The summed E-state index contributed by atoms with van der Waals surface area (Å²) in [5.74, 6) is 1.77. The molecule has 6 nitrogen and oxygen atoms in total. The Morgan fingerprint density at radius 1 is 1.25 bits per heavy atom. The van der Waals surface area contributed by atoms with E-state index in [0.717, 1.165) is 37.4 Å². The molecule has 0 bridgehead atoms. The second-order valence-electron chi connectivity index (χ2n) is 6.23. The van der Waals surface area contributed by atoms with E-state index in [1.54, 1.807) is 6.33 Å². The molecule has 2 aromatic heterocycles. The molecule has 1 fully saturated rings. The van der Waals surface area contributed by atoms with E-state index < -0.39 is 0 Å². The molecule has 0 spiro atoms. The van der Waals surface area contributed by atoms with Crippen LogP contribution in [0.3, 0.4) is 0 Å². The Morgan fingerprint density at radius 3 is 2.96 bits per heavy atom. The third-order valence-electron chi connectivity index (χ3n) is 4.54. The highest BCUT2D eigenvalue weighted by atomic mass is 15.4. The van der Waals surface area contributed by atoms with Gasteiger partial charge >= 0.3 is 0 Å². The number of hydrogen-bond acceptors (Lipinski definition) is 5. The molecule has 3 aromatic rings. The molecule has 0 aliphatic carbocycles. The Kier molecular flexibility index (Phi) is 4.02. The second kappa shape index (κ2) is 6.47. The van der Waals surface area contributed by atoms with Crippen LogP contribution in [-0.4, -0.2) is 38.7 Å². The Hall–Kier alpha value is -2.63. The van der Waals surface area contributed by atoms with Crippen LogP contribution in [0.5, 0.6) is 0 Å². The Labute approximate surface area is 141 Å². The summed E-state index contributed by atoms with van der Waals surface area (Å²) in [6, 6.07) is 13.0. The van der Waals surface area contributed by atoms with Crippen LogP contribution in [0.25, 0.3) is 5.78 Å². The summed E-state index contributed by atoms with van der Waals surface area (Å²) < 4.78 is 1.85. The van der Waals surface area contributed by atoms with Crippen LogP contribution in [0.1, 0.15) is 25.5 Å². The van der Waals surface area contributed by atoms with Crippen molar-refractivity contribution >= 4 is 17.3 Å². The predicted octanol–water partition coefficient (Wildman–Crippen LogP) is 2.77. The minimum atomic E-state index is 0.429. The van der Waals surface area contributed by atoms with E-state index in [4.69, 9.17) is 0 Å². The molecule has 4 rings (SSSR count). The van der Waals surface area contributed by atoms with Crippen molar-refractivity contribution in [2.75, 3.05) is 23.3 Å². The first-order valence-electron chi connectivity index (χ1n) is 8.59. The smallest absolute Gasteiger partial charge is 0.254 e. The Balaban J connectivity index is 1.59. The first-order valence-corrected chi connectivity index (χ1v) is 8.59. The lowest BCUT2D eigenvalue weighted by molar-refractivity contribution is 0.523. The van der Waals surface area contributed by atoms with Gasteiger partial charge in [-0.05, 0) is 31.4 Å². The zero-order valence-electron chi connectivity index (χ0n) is 13.9. The zero-order chi connectivity index (χ0) is 16.4. The van der Waals surface area contributed by atoms with Crippen molar-refractivity contribution in [3.63, 3.8) is 0 Å². The van der Waals surface area contributed by atoms with Gasteiger partial charge in [-0.15, -0.1) is 0 Å². The molecule has 1 unspecified atom stereocenters. The molecule has 124 valence electrons. The van der Waals surface area contributed by atoms with Gasteiger partial charge in [0.15, 0.2) is 0 Å². The highest BCUT2D eigenvalue weighted by Crippen LogP contribution is 2.23. The molecular formula is C18H22N6. The second-order valence-corrected chi connectivity index (χ2v) is 6.23. The quantitative estimate of drug-likeness (QED) is 0.800. The molecular weight excluding hydrogens is 300 g/mol. The maximum Gasteiger partial charge on any atom is 0.254 e. The van der Waals surface area contributed by atoms with E-state index in [9.17, 15) is 0 Å². The number of piperidine rings is 1. The molecule has 3 heterocycles. The molecule has 1 atom stereocenters. The molecule has 24 heavy (non-hydrogen) atoms. The molecule has 0 amide bonds. The molecule has 1 N–H and O–H groups in total. The summed E-state index contributed by atoms with van der Waals surface area (Å²) in [5.41, 5.74) is 2.24. The van der Waals surface area contributed by atoms with E-state index in [-0.39, 0.29) is 0 Å². The molecule has 1 saturated heterocycles. The van der Waals surface area contributed by atoms with Crippen LogP contribution >= 0.6 is 0 Å². The van der Waals surface area contributed by atoms with Gasteiger partial charge in [0.1, 0.15) is 12.1 Å². The summed E-state index contributed by atoms with van der Waals surface area (Å²) in [4.78, 5) is 11.2. The van der Waals surface area contributed by atoms with Crippen molar-refractivity contribution in [3.05, 3.63) is 48.4 Å². The van der Waals surface area contributed by atoms with Gasteiger partial charge in [-0.25, -0.2) is 4.98 Å². The van der Waals surface area contributed by atoms with Gasteiger partial charge in [0.05, 0.1) is 0 Å². The first kappa shape index (κ1) is 14.9. The van der Waals surface area contributed by atoms with Crippen LogP contribution in [-0.2, 0) is 6.42 Å². The van der Waals surface area contributed by atoms with Gasteiger partial charge < -0.3 is 10.2 Å². The topological polar surface area (TPSA) is 58.4 Å². The van der Waals surface area contributed by atoms with Crippen LogP contribution in [0.4, 0.5) is 11.5 Å². The predicted molar refractivity (Wildman–Crippen MR) is 95.5 cm³/mol. The number of aromatic nitrogens is 4. The zero-order valence-corrected chi connectivity index (χ0v) is 13.9. The Bertz CT molecular complexity index is 813. The fraction of sp³-hybridized carbons (Fsp3) is 0.389. The molecule has 1 aromatic carbocycles. The number of para-hydroxylation sites is 1. The van der Waals surface area contributed by atoms with Crippen molar-refractivity contribution in [1.82, 2.24) is 19.6 Å². The van der Waals surface area contributed by atoms with E-state index in [0.29, 0.717) is 11.8 Å². The average Bonchev–Trinajstić information content (AvgIpc) is 3.10. The number of hydrogen-bond donors (Lipinski definition) is 1. The summed E-state index contributed by atoms with van der Waals surface area (Å²) in [7, 11) is 0. The number of aryl methyl sites for hydroxylation is 1. The third kappa shape index (κ3) is 2.91. The largest absolute Gasteiger partial charge is 0.381 e. The Morgan fingerprint density at radius 2 is 2.12 bits per heavy atom. The van der Waals surface area contributed by atoms with Crippen LogP contribution in [0.2, 0.25) is 0 Å². The summed E-state index contributed by atoms with van der Waals surface area (Å²) in [6.45, 7) is 4.11. The third-order valence-corrected chi connectivity index (χ3v) is 4.54. The highest BCUT2D eigenvalue weighted by Gasteiger charge is 2.22. The molecule has 0 radical (unpaired) electrons.